The smallest absolute Gasteiger partial charge is 0.262 e. The van der Waals surface area contributed by atoms with Crippen molar-refractivity contribution < 1.29 is 14.3 Å². The van der Waals surface area contributed by atoms with Gasteiger partial charge in [-0.3, -0.25) is 9.59 Å². The number of nitrogens with zero attached hydrogens (tertiary/aromatic N) is 1. The molecule has 0 saturated heterocycles. The van der Waals surface area contributed by atoms with Gasteiger partial charge in [0.1, 0.15) is 18.4 Å². The first kappa shape index (κ1) is 27.8. The van der Waals surface area contributed by atoms with Crippen molar-refractivity contribution in [1.82, 2.24) is 10.7 Å². The first-order valence-electron chi connectivity index (χ1n) is 10.9. The number of carbonyl (C=O) groups excluding carboxylic acids is 2. The number of benzene rings is 3. The molecular formula is C26H23Cl4N3O3. The zero-order valence-corrected chi connectivity index (χ0v) is 22.4. The van der Waals surface area contributed by atoms with Crippen LogP contribution in [-0.4, -0.2) is 24.1 Å². The van der Waals surface area contributed by atoms with Gasteiger partial charge in [0.25, 0.3) is 11.8 Å². The van der Waals surface area contributed by atoms with Crippen LogP contribution in [0, 0.1) is 5.92 Å². The van der Waals surface area contributed by atoms with Crippen LogP contribution >= 0.6 is 46.4 Å². The summed E-state index contributed by atoms with van der Waals surface area (Å²) in [7, 11) is 0. The Morgan fingerprint density at radius 2 is 1.64 bits per heavy atom. The highest BCUT2D eigenvalue weighted by molar-refractivity contribution is 6.42. The Morgan fingerprint density at radius 1 is 0.917 bits per heavy atom. The van der Waals surface area contributed by atoms with Gasteiger partial charge in [-0.25, -0.2) is 5.43 Å². The van der Waals surface area contributed by atoms with E-state index >= 15 is 0 Å². The third kappa shape index (κ3) is 7.87. The van der Waals surface area contributed by atoms with Crippen LogP contribution in [0.1, 0.15) is 35.3 Å². The topological polar surface area (TPSA) is 79.8 Å². The number of hydrogen-bond acceptors (Lipinski definition) is 4. The van der Waals surface area contributed by atoms with Crippen LogP contribution in [0.5, 0.6) is 5.75 Å². The molecule has 0 spiro atoms. The van der Waals surface area contributed by atoms with E-state index < -0.39 is 17.9 Å². The first-order chi connectivity index (χ1) is 17.1. The molecule has 6 nitrogen and oxygen atoms in total. The van der Waals surface area contributed by atoms with Crippen molar-refractivity contribution in [3.8, 4) is 5.75 Å². The third-order valence-electron chi connectivity index (χ3n) is 5.10. The maximum Gasteiger partial charge on any atom is 0.262 e. The number of nitrogens with one attached hydrogen (secondary N) is 2. The van der Waals surface area contributed by atoms with E-state index in [0.29, 0.717) is 33.0 Å². The number of hydrazone groups is 1. The number of amides is 2. The third-order valence-corrected chi connectivity index (χ3v) is 6.42. The lowest BCUT2D eigenvalue weighted by molar-refractivity contribution is -0.123. The lowest BCUT2D eigenvalue weighted by Gasteiger charge is -2.20. The fourth-order valence-electron chi connectivity index (χ4n) is 3.09. The van der Waals surface area contributed by atoms with Crippen LogP contribution in [0.2, 0.25) is 20.1 Å². The van der Waals surface area contributed by atoms with Crippen molar-refractivity contribution in [3.05, 3.63) is 97.4 Å². The quantitative estimate of drug-likeness (QED) is 0.221. The van der Waals surface area contributed by atoms with Crippen LogP contribution in [0.25, 0.3) is 0 Å². The van der Waals surface area contributed by atoms with E-state index in [2.05, 4.69) is 15.8 Å². The summed E-state index contributed by atoms with van der Waals surface area (Å²) >= 11 is 24.0. The van der Waals surface area contributed by atoms with Gasteiger partial charge in [0.2, 0.25) is 0 Å². The molecule has 0 bridgehead atoms. The Hall–Kier alpha value is -2.77. The second kappa shape index (κ2) is 13.0. The highest BCUT2D eigenvalue weighted by Gasteiger charge is 2.24. The molecule has 2 N–H and O–H groups in total. The zero-order chi connectivity index (χ0) is 26.2. The first-order valence-corrected chi connectivity index (χ1v) is 12.4. The molecule has 0 aromatic heterocycles. The predicted octanol–water partition coefficient (Wildman–Crippen LogP) is 6.78. The van der Waals surface area contributed by atoms with Crippen molar-refractivity contribution in [2.75, 3.05) is 0 Å². The van der Waals surface area contributed by atoms with E-state index in [1.165, 1.54) is 24.4 Å². The monoisotopic (exact) mass is 565 g/mol. The van der Waals surface area contributed by atoms with Crippen molar-refractivity contribution >= 4 is 64.4 Å². The van der Waals surface area contributed by atoms with Gasteiger partial charge >= 0.3 is 0 Å². The summed E-state index contributed by atoms with van der Waals surface area (Å²) in [5.41, 5.74) is 4.34. The van der Waals surface area contributed by atoms with Crippen LogP contribution in [0.3, 0.4) is 0 Å². The van der Waals surface area contributed by atoms with E-state index in [9.17, 15) is 9.59 Å². The molecule has 0 saturated carbocycles. The Balaban J connectivity index is 1.54. The Labute approximate surface area is 229 Å². The second-order valence-electron chi connectivity index (χ2n) is 8.15. The molecular weight excluding hydrogens is 544 g/mol. The van der Waals surface area contributed by atoms with Crippen LogP contribution in [0.15, 0.2) is 65.8 Å². The van der Waals surface area contributed by atoms with Gasteiger partial charge in [0.05, 0.1) is 16.3 Å². The molecule has 0 aliphatic carbocycles. The summed E-state index contributed by atoms with van der Waals surface area (Å²) in [6.45, 7) is 3.93. The van der Waals surface area contributed by atoms with Gasteiger partial charge in [-0.1, -0.05) is 66.3 Å². The molecule has 2 amide bonds. The van der Waals surface area contributed by atoms with Crippen LogP contribution in [-0.2, 0) is 11.4 Å². The number of ether oxygens (including phenoxy) is 1. The van der Waals surface area contributed by atoms with Gasteiger partial charge in [0, 0.05) is 21.2 Å². The highest BCUT2D eigenvalue weighted by atomic mass is 35.5. The normalized spacial score (nSPS) is 12.0. The molecule has 3 rings (SSSR count). The zero-order valence-electron chi connectivity index (χ0n) is 19.4. The summed E-state index contributed by atoms with van der Waals surface area (Å²) in [6, 6.07) is 16.1. The maximum atomic E-state index is 12.7. The molecule has 3 aromatic rings. The molecule has 10 heteroatoms. The van der Waals surface area contributed by atoms with Gasteiger partial charge in [-0.2, -0.15) is 5.10 Å². The Bertz CT molecular complexity index is 1260. The summed E-state index contributed by atoms with van der Waals surface area (Å²) in [4.78, 5) is 25.2. The molecule has 188 valence electrons. The molecule has 3 aromatic carbocycles. The number of hydrogen-bond donors (Lipinski definition) is 2. The van der Waals surface area contributed by atoms with Gasteiger partial charge < -0.3 is 10.1 Å². The second-order valence-corrected chi connectivity index (χ2v) is 9.81. The summed E-state index contributed by atoms with van der Waals surface area (Å²) in [5, 5.41) is 8.41. The predicted molar refractivity (Wildman–Crippen MR) is 146 cm³/mol. The lowest BCUT2D eigenvalue weighted by Crippen LogP contribution is -2.48. The van der Waals surface area contributed by atoms with Gasteiger partial charge in [-0.15, -0.1) is 0 Å². The van der Waals surface area contributed by atoms with E-state index in [4.69, 9.17) is 51.1 Å². The molecule has 0 heterocycles. The highest BCUT2D eigenvalue weighted by Crippen LogP contribution is 2.24. The SMILES string of the molecule is CC(C)C(NC(=O)c1ccc(Cl)c(Cl)c1)C(=O)NN=Cc1ccc(OCc2ccc(Cl)cc2Cl)cc1. The lowest BCUT2D eigenvalue weighted by atomic mass is 10.0. The standard InChI is InChI=1S/C26H23Cl4N3O3/c1-15(2)24(32-25(34)17-6-10-21(28)23(30)11-17)26(35)33-31-13-16-3-8-20(9-4-16)36-14-18-5-7-19(27)12-22(18)29/h3-13,15,24H,14H2,1-2H3,(H,32,34)(H,33,35). The summed E-state index contributed by atoms with van der Waals surface area (Å²) in [5.74, 6) is -0.430. The average Bonchev–Trinajstić information content (AvgIpc) is 2.84. The summed E-state index contributed by atoms with van der Waals surface area (Å²) in [6.07, 6.45) is 1.50. The number of rotatable bonds is 9. The Morgan fingerprint density at radius 3 is 2.28 bits per heavy atom. The number of halogens is 4. The van der Waals surface area contributed by atoms with E-state index in [0.717, 1.165) is 11.1 Å². The average molecular weight is 567 g/mol. The molecule has 0 aliphatic rings. The van der Waals surface area contributed by atoms with Crippen LogP contribution in [0.4, 0.5) is 0 Å². The molecule has 0 radical (unpaired) electrons. The van der Waals surface area contributed by atoms with Crippen LogP contribution < -0.4 is 15.5 Å². The number of carbonyl (C=O) groups is 2. The molecule has 36 heavy (non-hydrogen) atoms. The van der Waals surface area contributed by atoms with Gasteiger partial charge in [-0.05, 0) is 66.1 Å². The van der Waals surface area contributed by atoms with Crippen molar-refractivity contribution in [2.24, 2.45) is 11.0 Å². The minimum Gasteiger partial charge on any atom is -0.489 e. The van der Waals surface area contributed by atoms with Gasteiger partial charge in [0.15, 0.2) is 0 Å². The van der Waals surface area contributed by atoms with E-state index in [-0.39, 0.29) is 10.9 Å². The van der Waals surface area contributed by atoms with Crippen molar-refractivity contribution in [3.63, 3.8) is 0 Å². The Kier molecular flexibility index (Phi) is 10.0. The fourth-order valence-corrected chi connectivity index (χ4v) is 3.85. The molecule has 1 atom stereocenters. The van der Waals surface area contributed by atoms with E-state index in [1.807, 2.05) is 19.9 Å². The van der Waals surface area contributed by atoms with E-state index in [1.54, 1.807) is 36.4 Å². The maximum absolute atomic E-state index is 12.7. The fraction of sp³-hybridized carbons (Fsp3) is 0.192. The largest absolute Gasteiger partial charge is 0.489 e. The molecule has 1 unspecified atom stereocenters. The minimum atomic E-state index is -0.806. The summed E-state index contributed by atoms with van der Waals surface area (Å²) < 4.78 is 5.76. The molecule has 0 fully saturated rings. The van der Waals surface area contributed by atoms with Crippen molar-refractivity contribution in [2.45, 2.75) is 26.5 Å². The van der Waals surface area contributed by atoms with Crippen molar-refractivity contribution in [1.29, 1.82) is 0 Å². The minimum absolute atomic E-state index is 0.183. The molecule has 0 aliphatic heterocycles.